The zero-order valence-corrected chi connectivity index (χ0v) is 14.1. The maximum atomic E-state index is 12.4. The average Bonchev–Trinajstić information content (AvgIpc) is 2.55. The summed E-state index contributed by atoms with van der Waals surface area (Å²) in [4.78, 5) is 0.0728. The molecule has 0 aromatic heterocycles. The summed E-state index contributed by atoms with van der Waals surface area (Å²) in [5.41, 5.74) is 0. The van der Waals surface area contributed by atoms with Gasteiger partial charge in [-0.1, -0.05) is 0 Å². The van der Waals surface area contributed by atoms with Crippen molar-refractivity contribution in [1.82, 2.24) is 0 Å². The van der Waals surface area contributed by atoms with Gasteiger partial charge in [0.05, 0.1) is 9.79 Å². The molecule has 0 heterocycles. The summed E-state index contributed by atoms with van der Waals surface area (Å²) < 4.78 is 51.1. The second kappa shape index (κ2) is 6.72. The van der Waals surface area contributed by atoms with Crippen molar-refractivity contribution in [3.63, 3.8) is 0 Å². The topological polar surface area (TPSA) is 99.1 Å². The molecule has 0 bridgehead atoms. The standard InChI is InChI=1S/C14H15O7PS/c1-19-22(16,20-2)21-12-5-9-14(10-6-12)23(17,18)13-7-3-11(15)4-8-13/h3-10,15H,1-2H3. The lowest BCUT2D eigenvalue weighted by molar-refractivity contribution is 0.211. The van der Waals surface area contributed by atoms with Crippen molar-refractivity contribution >= 4 is 17.7 Å². The molecule has 2 rings (SSSR count). The molecule has 0 spiro atoms. The molecule has 0 saturated heterocycles. The van der Waals surface area contributed by atoms with Gasteiger partial charge in [0.1, 0.15) is 11.5 Å². The van der Waals surface area contributed by atoms with E-state index in [1.165, 1.54) is 62.8 Å². The van der Waals surface area contributed by atoms with Gasteiger partial charge in [-0.15, -0.1) is 0 Å². The van der Waals surface area contributed by atoms with Crippen molar-refractivity contribution < 1.29 is 31.7 Å². The summed E-state index contributed by atoms with van der Waals surface area (Å²) in [5, 5.41) is 9.22. The molecule has 2 aromatic carbocycles. The van der Waals surface area contributed by atoms with Crippen molar-refractivity contribution in [1.29, 1.82) is 0 Å². The number of sulfone groups is 1. The van der Waals surface area contributed by atoms with E-state index < -0.39 is 17.7 Å². The number of aromatic hydroxyl groups is 1. The molecule has 0 aliphatic heterocycles. The van der Waals surface area contributed by atoms with E-state index in [1.54, 1.807) is 0 Å². The molecule has 0 unspecified atom stereocenters. The maximum absolute atomic E-state index is 12.4. The number of phosphoric acid groups is 1. The minimum Gasteiger partial charge on any atom is -0.508 e. The molecule has 0 aliphatic rings. The van der Waals surface area contributed by atoms with Crippen LogP contribution in [0.2, 0.25) is 0 Å². The summed E-state index contributed by atoms with van der Waals surface area (Å²) in [7, 11) is -5.08. The van der Waals surface area contributed by atoms with Crippen molar-refractivity contribution in [2.45, 2.75) is 9.79 Å². The monoisotopic (exact) mass is 358 g/mol. The van der Waals surface area contributed by atoms with E-state index in [2.05, 4.69) is 9.05 Å². The normalized spacial score (nSPS) is 12.1. The van der Waals surface area contributed by atoms with Gasteiger partial charge in [-0.05, 0) is 48.5 Å². The lowest BCUT2D eigenvalue weighted by atomic mass is 10.3. The van der Waals surface area contributed by atoms with Crippen LogP contribution in [-0.2, 0) is 23.4 Å². The summed E-state index contributed by atoms with van der Waals surface area (Å²) in [5.74, 6) is 0.115. The van der Waals surface area contributed by atoms with Crippen LogP contribution in [0.1, 0.15) is 0 Å². The summed E-state index contributed by atoms with van der Waals surface area (Å²) in [6.07, 6.45) is 0. The molecule has 7 nitrogen and oxygen atoms in total. The predicted molar refractivity (Wildman–Crippen MR) is 82.3 cm³/mol. The average molecular weight is 358 g/mol. The van der Waals surface area contributed by atoms with Gasteiger partial charge in [-0.2, -0.15) is 0 Å². The molecule has 0 fully saturated rings. The van der Waals surface area contributed by atoms with Gasteiger partial charge in [0, 0.05) is 14.2 Å². The van der Waals surface area contributed by atoms with Crippen LogP contribution < -0.4 is 4.52 Å². The first-order chi connectivity index (χ1) is 10.8. The Kier molecular flexibility index (Phi) is 5.11. The Hall–Kier alpha value is -1.86. The molecule has 0 aliphatic carbocycles. The number of phenolic OH excluding ortho intramolecular Hbond substituents is 1. The highest BCUT2D eigenvalue weighted by molar-refractivity contribution is 7.91. The molecular weight excluding hydrogens is 343 g/mol. The highest BCUT2D eigenvalue weighted by Gasteiger charge is 2.25. The van der Waals surface area contributed by atoms with Gasteiger partial charge in [-0.25, -0.2) is 13.0 Å². The zero-order valence-electron chi connectivity index (χ0n) is 12.4. The molecule has 2 aromatic rings. The fourth-order valence-electron chi connectivity index (χ4n) is 1.72. The van der Waals surface area contributed by atoms with Crippen LogP contribution in [0.15, 0.2) is 58.3 Å². The third-order valence-electron chi connectivity index (χ3n) is 2.95. The lowest BCUT2D eigenvalue weighted by Gasteiger charge is -2.14. The number of rotatable bonds is 6. The zero-order chi connectivity index (χ0) is 17.1. The first-order valence-corrected chi connectivity index (χ1v) is 9.30. The van der Waals surface area contributed by atoms with Crippen LogP contribution in [-0.4, -0.2) is 27.7 Å². The predicted octanol–water partition coefficient (Wildman–Crippen LogP) is 3.00. The van der Waals surface area contributed by atoms with Gasteiger partial charge in [-0.3, -0.25) is 9.05 Å². The second-order valence-electron chi connectivity index (χ2n) is 4.37. The summed E-state index contributed by atoms with van der Waals surface area (Å²) in [6.45, 7) is 0. The molecule has 0 amide bonds. The Bertz CT molecular complexity index is 805. The van der Waals surface area contributed by atoms with Gasteiger partial charge in [0.2, 0.25) is 9.84 Å². The minimum absolute atomic E-state index is 0.0254. The van der Waals surface area contributed by atoms with Crippen molar-refractivity contribution in [3.05, 3.63) is 48.5 Å². The van der Waals surface area contributed by atoms with Gasteiger partial charge in [0.25, 0.3) is 0 Å². The Balaban J connectivity index is 2.28. The first-order valence-electron chi connectivity index (χ1n) is 6.36. The van der Waals surface area contributed by atoms with Gasteiger partial charge >= 0.3 is 7.82 Å². The molecule has 9 heteroatoms. The molecule has 0 radical (unpaired) electrons. The van der Waals surface area contributed by atoms with E-state index >= 15 is 0 Å². The minimum atomic E-state index is -3.73. The highest BCUT2D eigenvalue weighted by Crippen LogP contribution is 2.47. The van der Waals surface area contributed by atoms with Crippen LogP contribution in [0.5, 0.6) is 11.5 Å². The summed E-state index contributed by atoms with van der Waals surface area (Å²) >= 11 is 0. The van der Waals surface area contributed by atoms with E-state index in [0.29, 0.717) is 0 Å². The Morgan fingerprint density at radius 1 is 0.870 bits per heavy atom. The number of hydrogen-bond donors (Lipinski definition) is 1. The number of phosphoric ester groups is 1. The molecule has 124 valence electrons. The second-order valence-corrected chi connectivity index (χ2v) is 8.13. The molecule has 0 atom stereocenters. The molecular formula is C14H15O7PS. The van der Waals surface area contributed by atoms with E-state index in [-0.39, 0.29) is 21.3 Å². The fourth-order valence-corrected chi connectivity index (χ4v) is 3.66. The van der Waals surface area contributed by atoms with Crippen LogP contribution in [0.3, 0.4) is 0 Å². The van der Waals surface area contributed by atoms with Crippen LogP contribution in [0, 0.1) is 0 Å². The lowest BCUT2D eigenvalue weighted by Crippen LogP contribution is -2.02. The van der Waals surface area contributed by atoms with Crippen LogP contribution in [0.4, 0.5) is 0 Å². The Morgan fingerprint density at radius 2 is 1.30 bits per heavy atom. The Morgan fingerprint density at radius 3 is 1.74 bits per heavy atom. The smallest absolute Gasteiger partial charge is 0.508 e. The fraction of sp³-hybridized carbons (Fsp3) is 0.143. The largest absolute Gasteiger partial charge is 0.529 e. The number of hydrogen-bond acceptors (Lipinski definition) is 7. The third-order valence-corrected chi connectivity index (χ3v) is 6.06. The molecule has 0 saturated carbocycles. The SMILES string of the molecule is COP(=O)(OC)Oc1ccc(S(=O)(=O)c2ccc(O)cc2)cc1. The number of benzene rings is 2. The highest BCUT2D eigenvalue weighted by atomic mass is 32.2. The van der Waals surface area contributed by atoms with Crippen LogP contribution in [0.25, 0.3) is 0 Å². The maximum Gasteiger partial charge on any atom is 0.529 e. The van der Waals surface area contributed by atoms with Gasteiger partial charge in [0.15, 0.2) is 0 Å². The van der Waals surface area contributed by atoms with Crippen LogP contribution >= 0.6 is 7.82 Å². The molecule has 23 heavy (non-hydrogen) atoms. The quantitative estimate of drug-likeness (QED) is 0.793. The number of phenols is 1. The van der Waals surface area contributed by atoms with E-state index in [9.17, 15) is 18.1 Å². The third kappa shape index (κ3) is 3.92. The van der Waals surface area contributed by atoms with Crippen molar-refractivity contribution in [3.8, 4) is 11.5 Å². The Labute approximate surface area is 134 Å². The molecule has 1 N–H and O–H groups in total. The summed E-state index contributed by atoms with van der Waals surface area (Å²) in [6, 6.07) is 10.5. The van der Waals surface area contributed by atoms with E-state index in [0.717, 1.165) is 0 Å². The van der Waals surface area contributed by atoms with Crippen molar-refractivity contribution in [2.75, 3.05) is 14.2 Å². The first kappa shape index (κ1) is 17.5. The van der Waals surface area contributed by atoms with Gasteiger partial charge < -0.3 is 9.63 Å². The van der Waals surface area contributed by atoms with Crippen molar-refractivity contribution in [2.24, 2.45) is 0 Å². The van der Waals surface area contributed by atoms with E-state index in [1.807, 2.05) is 0 Å². The van der Waals surface area contributed by atoms with E-state index in [4.69, 9.17) is 4.52 Å².